The molecule has 0 heterocycles. The van der Waals surface area contributed by atoms with Crippen LogP contribution in [0, 0.1) is 5.92 Å². The van der Waals surface area contributed by atoms with E-state index >= 15 is 0 Å². The summed E-state index contributed by atoms with van der Waals surface area (Å²) in [6.45, 7) is 7.46. The summed E-state index contributed by atoms with van der Waals surface area (Å²) in [7, 11) is 0. The average Bonchev–Trinajstić information content (AvgIpc) is 2.08. The van der Waals surface area contributed by atoms with Crippen molar-refractivity contribution in [2.24, 2.45) is 5.92 Å². The standard InChI is InChI=1S/C10H18BrNO2/c1-8(3-4-10(13)14)5-6-12-7-9(2)11/h8,12H,2-7H2,1H3,(H,13,14). The van der Waals surface area contributed by atoms with E-state index in [1.165, 1.54) is 0 Å². The average molecular weight is 264 g/mol. The van der Waals surface area contributed by atoms with Gasteiger partial charge in [0.2, 0.25) is 0 Å². The van der Waals surface area contributed by atoms with Crippen molar-refractivity contribution < 1.29 is 9.90 Å². The van der Waals surface area contributed by atoms with Crippen molar-refractivity contribution in [3.05, 3.63) is 11.1 Å². The highest BCUT2D eigenvalue weighted by molar-refractivity contribution is 9.11. The summed E-state index contributed by atoms with van der Waals surface area (Å²) >= 11 is 3.26. The van der Waals surface area contributed by atoms with Crippen LogP contribution >= 0.6 is 15.9 Å². The van der Waals surface area contributed by atoms with Crippen LogP contribution in [0.4, 0.5) is 0 Å². The molecule has 0 aromatic carbocycles. The maximum absolute atomic E-state index is 10.3. The molecule has 0 aliphatic rings. The lowest BCUT2D eigenvalue weighted by molar-refractivity contribution is -0.137. The largest absolute Gasteiger partial charge is 0.481 e. The molecule has 2 N–H and O–H groups in total. The van der Waals surface area contributed by atoms with Gasteiger partial charge in [0.25, 0.3) is 0 Å². The van der Waals surface area contributed by atoms with Crippen LogP contribution < -0.4 is 5.32 Å². The molecule has 0 saturated carbocycles. The molecule has 0 aromatic rings. The molecule has 0 spiro atoms. The minimum Gasteiger partial charge on any atom is -0.481 e. The first-order valence-corrected chi connectivity index (χ1v) is 5.57. The van der Waals surface area contributed by atoms with Gasteiger partial charge in [-0.25, -0.2) is 0 Å². The zero-order chi connectivity index (χ0) is 11.0. The fraction of sp³-hybridized carbons (Fsp3) is 0.700. The van der Waals surface area contributed by atoms with Gasteiger partial charge in [-0.2, -0.15) is 0 Å². The second kappa shape index (κ2) is 8.00. The predicted molar refractivity (Wildman–Crippen MR) is 61.6 cm³/mol. The number of hydrogen-bond donors (Lipinski definition) is 2. The number of hydrogen-bond acceptors (Lipinski definition) is 2. The van der Waals surface area contributed by atoms with Crippen molar-refractivity contribution in [3.63, 3.8) is 0 Å². The van der Waals surface area contributed by atoms with Gasteiger partial charge in [0.15, 0.2) is 0 Å². The molecular weight excluding hydrogens is 246 g/mol. The smallest absolute Gasteiger partial charge is 0.303 e. The summed E-state index contributed by atoms with van der Waals surface area (Å²) < 4.78 is 0.940. The number of nitrogens with one attached hydrogen (secondary N) is 1. The van der Waals surface area contributed by atoms with Crippen LogP contribution in [-0.2, 0) is 4.79 Å². The Hall–Kier alpha value is -0.350. The van der Waals surface area contributed by atoms with Gasteiger partial charge >= 0.3 is 5.97 Å². The number of carboxylic acids is 1. The number of rotatable bonds is 8. The summed E-state index contributed by atoms with van der Waals surface area (Å²) in [5.74, 6) is -0.249. The summed E-state index contributed by atoms with van der Waals surface area (Å²) in [6, 6.07) is 0. The highest BCUT2D eigenvalue weighted by Crippen LogP contribution is 2.09. The summed E-state index contributed by atoms with van der Waals surface area (Å²) in [6.07, 6.45) is 2.03. The number of halogens is 1. The maximum atomic E-state index is 10.3. The molecule has 1 unspecified atom stereocenters. The lowest BCUT2D eigenvalue weighted by Crippen LogP contribution is -2.18. The summed E-state index contributed by atoms with van der Waals surface area (Å²) in [5.41, 5.74) is 0. The first-order valence-electron chi connectivity index (χ1n) is 4.78. The Bertz CT molecular complexity index is 195. The van der Waals surface area contributed by atoms with E-state index in [1.807, 2.05) is 0 Å². The molecule has 0 bridgehead atoms. The van der Waals surface area contributed by atoms with Crippen molar-refractivity contribution in [2.45, 2.75) is 26.2 Å². The third kappa shape index (κ3) is 9.74. The van der Waals surface area contributed by atoms with Crippen LogP contribution in [0.25, 0.3) is 0 Å². The van der Waals surface area contributed by atoms with Gasteiger partial charge in [-0.3, -0.25) is 4.79 Å². The van der Waals surface area contributed by atoms with Gasteiger partial charge in [0.05, 0.1) is 0 Å². The van der Waals surface area contributed by atoms with E-state index in [0.717, 1.165) is 30.4 Å². The van der Waals surface area contributed by atoms with Gasteiger partial charge in [0, 0.05) is 17.4 Å². The fourth-order valence-corrected chi connectivity index (χ4v) is 1.28. The van der Waals surface area contributed by atoms with Crippen LogP contribution in [0.5, 0.6) is 0 Å². The summed E-state index contributed by atoms with van der Waals surface area (Å²) in [5, 5.41) is 11.7. The quantitative estimate of drug-likeness (QED) is 0.662. The monoisotopic (exact) mass is 263 g/mol. The molecule has 0 aliphatic carbocycles. The van der Waals surface area contributed by atoms with Crippen LogP contribution in [0.2, 0.25) is 0 Å². The van der Waals surface area contributed by atoms with Crippen molar-refractivity contribution in [1.29, 1.82) is 0 Å². The Balaban J connectivity index is 3.30. The minimum absolute atomic E-state index is 0.270. The molecule has 82 valence electrons. The van der Waals surface area contributed by atoms with E-state index in [1.54, 1.807) is 0 Å². The Morgan fingerprint density at radius 1 is 1.57 bits per heavy atom. The molecule has 0 saturated heterocycles. The van der Waals surface area contributed by atoms with E-state index in [4.69, 9.17) is 5.11 Å². The third-order valence-electron chi connectivity index (χ3n) is 1.98. The zero-order valence-corrected chi connectivity index (χ0v) is 10.1. The third-order valence-corrected chi connectivity index (χ3v) is 2.26. The van der Waals surface area contributed by atoms with Gasteiger partial charge < -0.3 is 10.4 Å². The lowest BCUT2D eigenvalue weighted by atomic mass is 10.0. The minimum atomic E-state index is -0.710. The van der Waals surface area contributed by atoms with Crippen molar-refractivity contribution in [2.75, 3.05) is 13.1 Å². The number of carboxylic acid groups (broad SMARTS) is 1. The predicted octanol–water partition coefficient (Wildman–Crippen LogP) is 2.38. The van der Waals surface area contributed by atoms with Crippen LogP contribution in [-0.4, -0.2) is 24.2 Å². The molecule has 0 fully saturated rings. The molecule has 0 rings (SSSR count). The molecule has 14 heavy (non-hydrogen) atoms. The molecule has 4 heteroatoms. The number of aliphatic carboxylic acids is 1. The van der Waals surface area contributed by atoms with E-state index in [2.05, 4.69) is 34.7 Å². The number of carbonyl (C=O) groups is 1. The topological polar surface area (TPSA) is 49.3 Å². The van der Waals surface area contributed by atoms with Crippen LogP contribution in [0.15, 0.2) is 11.1 Å². The lowest BCUT2D eigenvalue weighted by Gasteiger charge is -2.10. The molecule has 1 atom stereocenters. The summed E-state index contributed by atoms with van der Waals surface area (Å²) in [4.78, 5) is 10.3. The highest BCUT2D eigenvalue weighted by atomic mass is 79.9. The van der Waals surface area contributed by atoms with Crippen LogP contribution in [0.3, 0.4) is 0 Å². The molecule has 0 amide bonds. The Labute approximate surface area is 93.7 Å². The highest BCUT2D eigenvalue weighted by Gasteiger charge is 2.04. The first kappa shape index (κ1) is 13.7. The van der Waals surface area contributed by atoms with Crippen molar-refractivity contribution in [1.82, 2.24) is 5.32 Å². The van der Waals surface area contributed by atoms with Crippen molar-refractivity contribution in [3.8, 4) is 0 Å². The zero-order valence-electron chi connectivity index (χ0n) is 8.55. The molecule has 3 nitrogen and oxygen atoms in total. The Kier molecular flexibility index (Phi) is 7.80. The van der Waals surface area contributed by atoms with Gasteiger partial charge in [-0.1, -0.05) is 29.4 Å². The molecular formula is C10H18BrNO2. The van der Waals surface area contributed by atoms with Crippen molar-refractivity contribution >= 4 is 21.9 Å². The SMILES string of the molecule is C=C(Br)CNCCC(C)CCC(=O)O. The second-order valence-corrected chi connectivity index (χ2v) is 4.64. The van der Waals surface area contributed by atoms with Gasteiger partial charge in [-0.15, -0.1) is 0 Å². The molecule has 0 radical (unpaired) electrons. The first-order chi connectivity index (χ1) is 6.52. The van der Waals surface area contributed by atoms with Crippen LogP contribution in [0.1, 0.15) is 26.2 Å². The second-order valence-electron chi connectivity index (χ2n) is 3.52. The Morgan fingerprint density at radius 2 is 2.21 bits per heavy atom. The van der Waals surface area contributed by atoms with Gasteiger partial charge in [-0.05, 0) is 25.3 Å². The fourth-order valence-electron chi connectivity index (χ4n) is 1.09. The van der Waals surface area contributed by atoms with E-state index in [9.17, 15) is 4.79 Å². The maximum Gasteiger partial charge on any atom is 0.303 e. The van der Waals surface area contributed by atoms with E-state index in [0.29, 0.717) is 5.92 Å². The molecule has 0 aliphatic heterocycles. The molecule has 0 aromatic heterocycles. The van der Waals surface area contributed by atoms with Gasteiger partial charge in [0.1, 0.15) is 0 Å². The normalized spacial score (nSPS) is 12.4. The van der Waals surface area contributed by atoms with E-state index in [-0.39, 0.29) is 6.42 Å². The Morgan fingerprint density at radius 3 is 2.71 bits per heavy atom. The van der Waals surface area contributed by atoms with E-state index < -0.39 is 5.97 Å².